The predicted molar refractivity (Wildman–Crippen MR) is 69.3 cm³/mol. The van der Waals surface area contributed by atoms with E-state index in [9.17, 15) is 12.8 Å². The Morgan fingerprint density at radius 3 is 2.72 bits per heavy atom. The van der Waals surface area contributed by atoms with Gasteiger partial charge in [0.2, 0.25) is 0 Å². The average molecular weight is 272 g/mol. The van der Waals surface area contributed by atoms with Gasteiger partial charge >= 0.3 is 0 Å². The van der Waals surface area contributed by atoms with Gasteiger partial charge in [0.05, 0.1) is 11.5 Å². The van der Waals surface area contributed by atoms with Crippen LogP contribution in [0.25, 0.3) is 0 Å². The van der Waals surface area contributed by atoms with E-state index in [1.807, 2.05) is 11.9 Å². The molecule has 100 valence electrons. The second-order valence-corrected chi connectivity index (χ2v) is 7.09. The zero-order valence-electron chi connectivity index (χ0n) is 10.3. The fraction of sp³-hybridized carbons (Fsp3) is 0.500. The smallest absolute Gasteiger partial charge is 0.151 e. The molecular weight excluding hydrogens is 255 g/mol. The van der Waals surface area contributed by atoms with Gasteiger partial charge in [-0.05, 0) is 37.2 Å². The van der Waals surface area contributed by atoms with Gasteiger partial charge in [0.1, 0.15) is 5.82 Å². The number of hydrogen-bond donors (Lipinski definition) is 1. The Hall–Kier alpha value is -1.14. The van der Waals surface area contributed by atoms with Crippen LogP contribution in [0.1, 0.15) is 12.0 Å². The first-order valence-electron chi connectivity index (χ1n) is 5.81. The lowest BCUT2D eigenvalue weighted by Crippen LogP contribution is -2.32. The minimum atomic E-state index is -2.89. The van der Waals surface area contributed by atoms with Crippen LogP contribution >= 0.6 is 0 Å². The van der Waals surface area contributed by atoms with Crippen LogP contribution in [-0.4, -0.2) is 37.9 Å². The van der Waals surface area contributed by atoms with Crippen molar-refractivity contribution >= 4 is 15.5 Å². The standard InChI is InChI=1S/C12H17FN2O2S/c1-15(12-2-3-18(16,17)8-12)7-9-4-10(13)6-11(14)5-9/h4-6,12H,2-3,7-8,14H2,1H3. The first-order chi connectivity index (χ1) is 8.35. The summed E-state index contributed by atoms with van der Waals surface area (Å²) in [5.41, 5.74) is 6.73. The van der Waals surface area contributed by atoms with Crippen LogP contribution in [0.2, 0.25) is 0 Å². The maximum Gasteiger partial charge on any atom is 0.151 e. The van der Waals surface area contributed by atoms with Gasteiger partial charge in [-0.3, -0.25) is 4.90 Å². The van der Waals surface area contributed by atoms with Crippen molar-refractivity contribution < 1.29 is 12.8 Å². The number of nitrogens with two attached hydrogens (primary N) is 1. The third-order valence-electron chi connectivity index (χ3n) is 3.24. The maximum absolute atomic E-state index is 13.2. The number of sulfone groups is 1. The number of benzene rings is 1. The summed E-state index contributed by atoms with van der Waals surface area (Å²) in [7, 11) is -1.04. The zero-order chi connectivity index (χ0) is 13.3. The molecule has 1 aliphatic rings. The summed E-state index contributed by atoms with van der Waals surface area (Å²) in [6.07, 6.45) is 0.642. The van der Waals surface area contributed by atoms with E-state index in [0.717, 1.165) is 5.56 Å². The lowest BCUT2D eigenvalue weighted by Gasteiger charge is -2.23. The molecule has 1 aromatic carbocycles. The molecule has 0 bridgehead atoms. The third kappa shape index (κ3) is 3.20. The largest absolute Gasteiger partial charge is 0.399 e. The third-order valence-corrected chi connectivity index (χ3v) is 4.99. The summed E-state index contributed by atoms with van der Waals surface area (Å²) >= 11 is 0. The van der Waals surface area contributed by atoms with E-state index in [-0.39, 0.29) is 23.4 Å². The second kappa shape index (κ2) is 4.85. The highest BCUT2D eigenvalue weighted by molar-refractivity contribution is 7.91. The molecule has 1 unspecified atom stereocenters. The Kier molecular flexibility index (Phi) is 3.59. The summed E-state index contributed by atoms with van der Waals surface area (Å²) in [5.74, 6) is 0.0687. The van der Waals surface area contributed by atoms with E-state index in [1.54, 1.807) is 6.07 Å². The van der Waals surface area contributed by atoms with Crippen LogP contribution in [0, 0.1) is 5.82 Å². The highest BCUT2D eigenvalue weighted by Gasteiger charge is 2.30. The molecule has 1 saturated heterocycles. The van der Waals surface area contributed by atoms with E-state index in [2.05, 4.69) is 0 Å². The summed E-state index contributed by atoms with van der Waals surface area (Å²) in [6.45, 7) is 0.502. The van der Waals surface area contributed by atoms with Crippen molar-refractivity contribution in [2.45, 2.75) is 19.0 Å². The van der Waals surface area contributed by atoms with E-state index in [1.165, 1.54) is 12.1 Å². The fourth-order valence-electron chi connectivity index (χ4n) is 2.31. The minimum Gasteiger partial charge on any atom is -0.399 e. The van der Waals surface area contributed by atoms with E-state index in [0.29, 0.717) is 18.7 Å². The molecule has 0 aromatic heterocycles. The summed E-state index contributed by atoms with van der Waals surface area (Å²) in [6, 6.07) is 4.42. The van der Waals surface area contributed by atoms with Crippen molar-refractivity contribution in [3.63, 3.8) is 0 Å². The molecule has 6 heteroatoms. The van der Waals surface area contributed by atoms with Crippen molar-refractivity contribution in [2.75, 3.05) is 24.3 Å². The molecule has 1 heterocycles. The Balaban J connectivity index is 2.05. The van der Waals surface area contributed by atoms with Crippen molar-refractivity contribution in [2.24, 2.45) is 0 Å². The lowest BCUT2D eigenvalue weighted by molar-refractivity contribution is 0.253. The molecule has 1 atom stereocenters. The van der Waals surface area contributed by atoms with Crippen LogP contribution < -0.4 is 5.73 Å². The van der Waals surface area contributed by atoms with Crippen LogP contribution in [0.5, 0.6) is 0 Å². The Bertz CT molecular complexity index is 525. The molecular formula is C12H17FN2O2S. The van der Waals surface area contributed by atoms with Gasteiger partial charge in [0.15, 0.2) is 9.84 Å². The number of nitrogen functional groups attached to an aromatic ring is 1. The Morgan fingerprint density at radius 2 is 2.17 bits per heavy atom. The highest BCUT2D eigenvalue weighted by atomic mass is 32.2. The summed E-state index contributed by atoms with van der Waals surface area (Å²) < 4.78 is 36.0. The molecule has 2 N–H and O–H groups in total. The van der Waals surface area contributed by atoms with Gasteiger partial charge in [0.25, 0.3) is 0 Å². The molecule has 4 nitrogen and oxygen atoms in total. The molecule has 1 aliphatic heterocycles. The Morgan fingerprint density at radius 1 is 1.44 bits per heavy atom. The second-order valence-electron chi connectivity index (χ2n) is 4.86. The van der Waals surface area contributed by atoms with Gasteiger partial charge in [-0.15, -0.1) is 0 Å². The number of hydrogen-bond acceptors (Lipinski definition) is 4. The normalized spacial score (nSPS) is 22.5. The van der Waals surface area contributed by atoms with E-state index >= 15 is 0 Å². The first kappa shape index (κ1) is 13.3. The monoisotopic (exact) mass is 272 g/mol. The van der Waals surface area contributed by atoms with E-state index in [4.69, 9.17) is 5.73 Å². The van der Waals surface area contributed by atoms with Crippen LogP contribution in [-0.2, 0) is 16.4 Å². The number of anilines is 1. The quantitative estimate of drug-likeness (QED) is 0.835. The first-order valence-corrected chi connectivity index (χ1v) is 7.63. The molecule has 1 aromatic rings. The minimum absolute atomic E-state index is 0.0134. The Labute approximate surface area is 107 Å². The molecule has 2 rings (SSSR count). The summed E-state index contributed by atoms with van der Waals surface area (Å²) in [4.78, 5) is 1.94. The fourth-order valence-corrected chi connectivity index (χ4v) is 4.11. The average Bonchev–Trinajstić information content (AvgIpc) is 2.57. The maximum atomic E-state index is 13.2. The van der Waals surface area contributed by atoms with Crippen molar-refractivity contribution in [1.29, 1.82) is 0 Å². The SMILES string of the molecule is CN(Cc1cc(N)cc(F)c1)C1CCS(=O)(=O)C1. The van der Waals surface area contributed by atoms with Gasteiger partial charge in [0, 0.05) is 18.3 Å². The van der Waals surface area contributed by atoms with Crippen LogP contribution in [0.4, 0.5) is 10.1 Å². The predicted octanol–water partition coefficient (Wildman–Crippen LogP) is 1.03. The van der Waals surface area contributed by atoms with Crippen molar-refractivity contribution in [3.8, 4) is 0 Å². The van der Waals surface area contributed by atoms with Crippen LogP contribution in [0.15, 0.2) is 18.2 Å². The van der Waals surface area contributed by atoms with Crippen molar-refractivity contribution in [3.05, 3.63) is 29.6 Å². The molecule has 0 saturated carbocycles. The van der Waals surface area contributed by atoms with Gasteiger partial charge in [-0.1, -0.05) is 0 Å². The lowest BCUT2D eigenvalue weighted by atomic mass is 10.1. The van der Waals surface area contributed by atoms with E-state index < -0.39 is 9.84 Å². The van der Waals surface area contributed by atoms with Crippen LogP contribution in [0.3, 0.4) is 0 Å². The number of nitrogens with zero attached hydrogens (tertiary/aromatic N) is 1. The van der Waals surface area contributed by atoms with Gasteiger partial charge in [-0.2, -0.15) is 0 Å². The number of rotatable bonds is 3. The zero-order valence-corrected chi connectivity index (χ0v) is 11.1. The highest BCUT2D eigenvalue weighted by Crippen LogP contribution is 2.19. The molecule has 0 radical (unpaired) electrons. The molecule has 0 amide bonds. The molecule has 18 heavy (non-hydrogen) atoms. The van der Waals surface area contributed by atoms with Gasteiger partial charge in [-0.25, -0.2) is 12.8 Å². The summed E-state index contributed by atoms with van der Waals surface area (Å²) in [5, 5.41) is 0. The topological polar surface area (TPSA) is 63.4 Å². The number of halogens is 1. The molecule has 1 fully saturated rings. The molecule has 0 spiro atoms. The van der Waals surface area contributed by atoms with Crippen molar-refractivity contribution in [1.82, 2.24) is 4.90 Å². The van der Waals surface area contributed by atoms with Gasteiger partial charge < -0.3 is 5.73 Å². The molecule has 0 aliphatic carbocycles.